The molecule has 2 rings (SSSR count). The van der Waals surface area contributed by atoms with E-state index >= 15 is 0 Å². The number of pyridine rings is 1. The molecule has 0 bridgehead atoms. The van der Waals surface area contributed by atoms with Gasteiger partial charge in [-0.05, 0) is 42.7 Å². The van der Waals surface area contributed by atoms with E-state index in [2.05, 4.69) is 26.0 Å². The number of hydrogen-bond donors (Lipinski definition) is 1. The predicted molar refractivity (Wildman–Crippen MR) is 85.4 cm³/mol. The van der Waals surface area contributed by atoms with E-state index < -0.39 is 0 Å². The topological polar surface area (TPSA) is 57.2 Å². The standard InChI is InChI=1S/C17H22N2O2/c1-12-4-5-14(10-13(12)2)16-7-6-15(11-18)17(20)19(16)8-9-21-3/h4-7,10H,8-9,11,18H2,1-3H3. The van der Waals surface area contributed by atoms with Gasteiger partial charge in [0.2, 0.25) is 0 Å². The van der Waals surface area contributed by atoms with Crippen molar-refractivity contribution in [3.05, 3.63) is 57.4 Å². The molecule has 0 aliphatic heterocycles. The Morgan fingerprint density at radius 1 is 1.14 bits per heavy atom. The Bertz CT molecular complexity index is 690. The van der Waals surface area contributed by atoms with Crippen molar-refractivity contribution in [2.75, 3.05) is 13.7 Å². The van der Waals surface area contributed by atoms with Crippen molar-refractivity contribution in [1.82, 2.24) is 4.57 Å². The molecule has 0 saturated carbocycles. The van der Waals surface area contributed by atoms with Gasteiger partial charge in [-0.3, -0.25) is 4.79 Å². The van der Waals surface area contributed by atoms with E-state index in [1.807, 2.05) is 18.2 Å². The van der Waals surface area contributed by atoms with Crippen molar-refractivity contribution in [3.63, 3.8) is 0 Å². The molecule has 0 aliphatic rings. The Hall–Kier alpha value is -1.91. The quantitative estimate of drug-likeness (QED) is 0.917. The summed E-state index contributed by atoms with van der Waals surface area (Å²) in [6.07, 6.45) is 0. The summed E-state index contributed by atoms with van der Waals surface area (Å²) in [6, 6.07) is 10.0. The number of rotatable bonds is 5. The van der Waals surface area contributed by atoms with Crippen LogP contribution in [0.1, 0.15) is 16.7 Å². The first kappa shape index (κ1) is 15.5. The molecule has 0 unspecified atom stereocenters. The fourth-order valence-corrected chi connectivity index (χ4v) is 2.34. The lowest BCUT2D eigenvalue weighted by molar-refractivity contribution is 0.186. The number of methoxy groups -OCH3 is 1. The molecule has 1 aromatic heterocycles. The van der Waals surface area contributed by atoms with Crippen LogP contribution in [0.25, 0.3) is 11.3 Å². The van der Waals surface area contributed by atoms with Crippen molar-refractivity contribution in [1.29, 1.82) is 0 Å². The minimum Gasteiger partial charge on any atom is -0.383 e. The van der Waals surface area contributed by atoms with E-state index in [-0.39, 0.29) is 12.1 Å². The Labute approximate surface area is 125 Å². The number of benzene rings is 1. The van der Waals surface area contributed by atoms with E-state index in [1.54, 1.807) is 11.7 Å². The highest BCUT2D eigenvalue weighted by atomic mass is 16.5. The average molecular weight is 286 g/mol. The van der Waals surface area contributed by atoms with Crippen LogP contribution in [0.2, 0.25) is 0 Å². The predicted octanol–water partition coefficient (Wildman–Crippen LogP) is 2.24. The third kappa shape index (κ3) is 3.23. The molecule has 0 aliphatic carbocycles. The van der Waals surface area contributed by atoms with Crippen LogP contribution in [0.3, 0.4) is 0 Å². The number of nitrogens with two attached hydrogens (primary N) is 1. The van der Waals surface area contributed by atoms with Crippen LogP contribution in [-0.2, 0) is 17.8 Å². The summed E-state index contributed by atoms with van der Waals surface area (Å²) >= 11 is 0. The van der Waals surface area contributed by atoms with Crippen LogP contribution >= 0.6 is 0 Å². The Balaban J connectivity index is 2.58. The molecule has 1 heterocycles. The normalized spacial score (nSPS) is 10.9. The first-order valence-electron chi connectivity index (χ1n) is 7.08. The van der Waals surface area contributed by atoms with Crippen LogP contribution in [0, 0.1) is 13.8 Å². The van der Waals surface area contributed by atoms with E-state index in [0.29, 0.717) is 18.7 Å². The second kappa shape index (κ2) is 6.70. The zero-order chi connectivity index (χ0) is 15.4. The molecule has 4 heteroatoms. The minimum atomic E-state index is -0.0368. The summed E-state index contributed by atoms with van der Waals surface area (Å²) in [5.41, 5.74) is 10.6. The smallest absolute Gasteiger partial charge is 0.255 e. The molecule has 21 heavy (non-hydrogen) atoms. The molecule has 1 aromatic carbocycles. The molecule has 0 fully saturated rings. The van der Waals surface area contributed by atoms with E-state index in [1.165, 1.54) is 11.1 Å². The molecule has 0 atom stereocenters. The molecular weight excluding hydrogens is 264 g/mol. The molecule has 4 nitrogen and oxygen atoms in total. The highest BCUT2D eigenvalue weighted by Gasteiger charge is 2.10. The van der Waals surface area contributed by atoms with Gasteiger partial charge >= 0.3 is 0 Å². The molecule has 2 N–H and O–H groups in total. The maximum atomic E-state index is 12.5. The maximum Gasteiger partial charge on any atom is 0.255 e. The van der Waals surface area contributed by atoms with Crippen molar-refractivity contribution in [3.8, 4) is 11.3 Å². The number of aromatic nitrogens is 1. The molecule has 0 radical (unpaired) electrons. The van der Waals surface area contributed by atoms with Gasteiger partial charge in [0.15, 0.2) is 0 Å². The summed E-state index contributed by atoms with van der Waals surface area (Å²) in [4.78, 5) is 12.5. The molecule has 0 saturated heterocycles. The second-order valence-corrected chi connectivity index (χ2v) is 5.20. The first-order chi connectivity index (χ1) is 10.1. The SMILES string of the molecule is COCCn1c(-c2ccc(C)c(C)c2)ccc(CN)c1=O. The Morgan fingerprint density at radius 3 is 2.52 bits per heavy atom. The fourth-order valence-electron chi connectivity index (χ4n) is 2.34. The van der Waals surface area contributed by atoms with Gasteiger partial charge in [0.05, 0.1) is 12.3 Å². The summed E-state index contributed by atoms with van der Waals surface area (Å²) in [6.45, 7) is 5.41. The fraction of sp³-hybridized carbons (Fsp3) is 0.353. The van der Waals surface area contributed by atoms with Crippen LogP contribution < -0.4 is 11.3 Å². The van der Waals surface area contributed by atoms with Gasteiger partial charge in [0.1, 0.15) is 0 Å². The van der Waals surface area contributed by atoms with E-state index in [9.17, 15) is 4.79 Å². The molecule has 0 spiro atoms. The van der Waals surface area contributed by atoms with E-state index in [4.69, 9.17) is 10.5 Å². The van der Waals surface area contributed by atoms with Crippen LogP contribution in [0.5, 0.6) is 0 Å². The van der Waals surface area contributed by atoms with Gasteiger partial charge in [-0.25, -0.2) is 0 Å². The van der Waals surface area contributed by atoms with Gasteiger partial charge in [-0.1, -0.05) is 18.2 Å². The summed E-state index contributed by atoms with van der Waals surface area (Å²) in [7, 11) is 1.63. The Morgan fingerprint density at radius 2 is 1.90 bits per heavy atom. The van der Waals surface area contributed by atoms with Crippen molar-refractivity contribution >= 4 is 0 Å². The zero-order valence-electron chi connectivity index (χ0n) is 12.8. The first-order valence-corrected chi connectivity index (χ1v) is 7.08. The third-order valence-corrected chi connectivity index (χ3v) is 3.79. The lowest BCUT2D eigenvalue weighted by atomic mass is 10.0. The second-order valence-electron chi connectivity index (χ2n) is 5.20. The highest BCUT2D eigenvalue weighted by Crippen LogP contribution is 2.21. The average Bonchev–Trinajstić information content (AvgIpc) is 2.48. The van der Waals surface area contributed by atoms with Gasteiger partial charge in [-0.2, -0.15) is 0 Å². The lowest BCUT2D eigenvalue weighted by Crippen LogP contribution is -2.28. The van der Waals surface area contributed by atoms with Crippen LogP contribution in [-0.4, -0.2) is 18.3 Å². The van der Waals surface area contributed by atoms with Crippen LogP contribution in [0.15, 0.2) is 35.1 Å². The zero-order valence-corrected chi connectivity index (χ0v) is 12.8. The van der Waals surface area contributed by atoms with Crippen molar-refractivity contribution < 1.29 is 4.74 Å². The summed E-state index contributed by atoms with van der Waals surface area (Å²) < 4.78 is 6.86. The monoisotopic (exact) mass is 286 g/mol. The highest BCUT2D eigenvalue weighted by molar-refractivity contribution is 5.61. The molecule has 112 valence electrons. The largest absolute Gasteiger partial charge is 0.383 e. The lowest BCUT2D eigenvalue weighted by Gasteiger charge is -2.15. The third-order valence-electron chi connectivity index (χ3n) is 3.79. The molecule has 0 amide bonds. The minimum absolute atomic E-state index is 0.0368. The number of hydrogen-bond acceptors (Lipinski definition) is 3. The number of aryl methyl sites for hydroxylation is 2. The molecular formula is C17H22N2O2. The van der Waals surface area contributed by atoms with Crippen molar-refractivity contribution in [2.24, 2.45) is 5.73 Å². The van der Waals surface area contributed by atoms with Crippen LogP contribution in [0.4, 0.5) is 0 Å². The molecule has 2 aromatic rings. The van der Waals surface area contributed by atoms with E-state index in [0.717, 1.165) is 11.3 Å². The summed E-state index contributed by atoms with van der Waals surface area (Å²) in [5.74, 6) is 0. The van der Waals surface area contributed by atoms with Crippen molar-refractivity contribution in [2.45, 2.75) is 26.9 Å². The number of ether oxygens (including phenoxy) is 1. The van der Waals surface area contributed by atoms with Gasteiger partial charge in [-0.15, -0.1) is 0 Å². The van der Waals surface area contributed by atoms with Gasteiger partial charge in [0, 0.05) is 25.8 Å². The number of nitrogens with zero attached hydrogens (tertiary/aromatic N) is 1. The summed E-state index contributed by atoms with van der Waals surface area (Å²) in [5, 5.41) is 0. The van der Waals surface area contributed by atoms with Gasteiger partial charge in [0.25, 0.3) is 5.56 Å². The van der Waals surface area contributed by atoms with Gasteiger partial charge < -0.3 is 15.0 Å². The maximum absolute atomic E-state index is 12.5. The Kier molecular flexibility index (Phi) is 4.94.